The first kappa shape index (κ1) is 20.0. The van der Waals surface area contributed by atoms with E-state index in [2.05, 4.69) is 20.8 Å². The monoisotopic (exact) mass is 413 g/mol. The predicted molar refractivity (Wildman–Crippen MR) is 107 cm³/mol. The van der Waals surface area contributed by atoms with Crippen molar-refractivity contribution in [2.24, 2.45) is 0 Å². The van der Waals surface area contributed by atoms with Gasteiger partial charge in [0, 0.05) is 10.6 Å². The quantitative estimate of drug-likeness (QED) is 0.459. The molecule has 2 aromatic carbocycles. The first-order chi connectivity index (χ1) is 13.8. The number of benzene rings is 2. The Bertz CT molecular complexity index is 1070. The molecule has 3 aromatic rings. The summed E-state index contributed by atoms with van der Waals surface area (Å²) in [5.41, 5.74) is 6.63. The Labute approximate surface area is 170 Å². The maximum absolute atomic E-state index is 12.2. The summed E-state index contributed by atoms with van der Waals surface area (Å²) in [5.74, 6) is -0.597. The summed E-state index contributed by atoms with van der Waals surface area (Å²) in [7, 11) is 0. The van der Waals surface area contributed by atoms with Crippen LogP contribution in [0.5, 0.6) is 11.6 Å². The van der Waals surface area contributed by atoms with Crippen molar-refractivity contribution in [3.63, 3.8) is 0 Å². The molecule has 9 nitrogen and oxygen atoms in total. The molecule has 0 spiro atoms. The third-order valence-corrected chi connectivity index (χ3v) is 4.32. The molecule has 1 heterocycles. The Hall–Kier alpha value is -3.72. The van der Waals surface area contributed by atoms with Crippen LogP contribution in [0.1, 0.15) is 21.5 Å². The Balaban J connectivity index is 1.82. The molecule has 0 aliphatic heterocycles. The molecule has 0 fully saturated rings. The first-order valence-corrected chi connectivity index (χ1v) is 8.79. The number of hydrazine groups is 1. The average Bonchev–Trinajstić information content (AvgIpc) is 2.69. The second-order valence-corrected chi connectivity index (χ2v) is 6.50. The van der Waals surface area contributed by atoms with E-state index in [1.165, 1.54) is 12.1 Å². The fourth-order valence-electron chi connectivity index (χ4n) is 2.37. The van der Waals surface area contributed by atoms with Crippen LogP contribution in [0.2, 0.25) is 5.02 Å². The van der Waals surface area contributed by atoms with Gasteiger partial charge in [0.1, 0.15) is 12.1 Å². The van der Waals surface area contributed by atoms with E-state index in [-0.39, 0.29) is 11.7 Å². The van der Waals surface area contributed by atoms with Gasteiger partial charge in [-0.2, -0.15) is 4.98 Å². The summed E-state index contributed by atoms with van der Waals surface area (Å²) in [6.07, 6.45) is 1.10. The van der Waals surface area contributed by atoms with Crippen molar-refractivity contribution >= 4 is 29.0 Å². The van der Waals surface area contributed by atoms with Crippen LogP contribution in [0.4, 0.5) is 11.5 Å². The third kappa shape index (κ3) is 4.77. The van der Waals surface area contributed by atoms with Crippen molar-refractivity contribution in [1.29, 1.82) is 0 Å². The van der Waals surface area contributed by atoms with Crippen molar-refractivity contribution in [3.05, 3.63) is 80.6 Å². The number of aromatic nitrogens is 2. The van der Waals surface area contributed by atoms with Gasteiger partial charge in [-0.15, -0.1) is 0 Å². The zero-order valence-electron chi connectivity index (χ0n) is 15.5. The van der Waals surface area contributed by atoms with Gasteiger partial charge in [-0.1, -0.05) is 17.7 Å². The smallest absolute Gasteiger partial charge is 0.374 e. The standard InChI is InChI=1S/C19H16ClN5O4/c1-11-3-8-15(9-12(11)2)29-19-16(25(27)28)17(21-10-22-19)23-24-18(26)13-4-6-14(20)7-5-13/h3-10H,1-2H3,(H,24,26)(H,21,22,23). The van der Waals surface area contributed by atoms with E-state index in [4.69, 9.17) is 16.3 Å². The summed E-state index contributed by atoms with van der Waals surface area (Å²) in [6.45, 7) is 3.84. The minimum atomic E-state index is -0.687. The number of carbonyl (C=O) groups is 1. The zero-order chi connectivity index (χ0) is 21.0. The molecule has 0 bridgehead atoms. The molecule has 1 amide bonds. The molecule has 1 aromatic heterocycles. The number of ether oxygens (including phenoxy) is 1. The highest BCUT2D eigenvalue weighted by Gasteiger charge is 2.25. The van der Waals surface area contributed by atoms with Gasteiger partial charge in [0.25, 0.3) is 5.91 Å². The number of nitrogens with zero attached hydrogens (tertiary/aromatic N) is 3. The lowest BCUT2D eigenvalue weighted by Gasteiger charge is -2.11. The summed E-state index contributed by atoms with van der Waals surface area (Å²) < 4.78 is 5.59. The van der Waals surface area contributed by atoms with Crippen LogP contribution < -0.4 is 15.6 Å². The first-order valence-electron chi connectivity index (χ1n) is 8.41. The fourth-order valence-corrected chi connectivity index (χ4v) is 2.50. The molecule has 0 aliphatic carbocycles. The van der Waals surface area contributed by atoms with Crippen molar-refractivity contribution < 1.29 is 14.5 Å². The van der Waals surface area contributed by atoms with Crippen LogP contribution >= 0.6 is 11.6 Å². The number of nitro groups is 1. The van der Waals surface area contributed by atoms with E-state index in [1.807, 2.05) is 19.9 Å². The van der Waals surface area contributed by atoms with Crippen LogP contribution in [-0.2, 0) is 0 Å². The van der Waals surface area contributed by atoms with Gasteiger partial charge in [-0.3, -0.25) is 25.8 Å². The van der Waals surface area contributed by atoms with E-state index < -0.39 is 16.5 Å². The molecule has 29 heavy (non-hydrogen) atoms. The van der Waals surface area contributed by atoms with E-state index >= 15 is 0 Å². The summed E-state index contributed by atoms with van der Waals surface area (Å²) in [5, 5.41) is 12.1. The molecule has 10 heteroatoms. The van der Waals surface area contributed by atoms with Crippen LogP contribution in [0, 0.1) is 24.0 Å². The van der Waals surface area contributed by atoms with Crippen LogP contribution in [0.15, 0.2) is 48.8 Å². The predicted octanol–water partition coefficient (Wildman–Crippen LogP) is 4.20. The second kappa shape index (κ2) is 8.53. The number of amides is 1. The average molecular weight is 414 g/mol. The lowest BCUT2D eigenvalue weighted by molar-refractivity contribution is -0.385. The Morgan fingerprint density at radius 2 is 1.83 bits per heavy atom. The van der Waals surface area contributed by atoms with Gasteiger partial charge >= 0.3 is 11.6 Å². The number of anilines is 1. The SMILES string of the molecule is Cc1ccc(Oc2ncnc(NNC(=O)c3ccc(Cl)cc3)c2[N+](=O)[O-])cc1C. The lowest BCUT2D eigenvalue weighted by atomic mass is 10.1. The number of aryl methyl sites for hydroxylation is 2. The van der Waals surface area contributed by atoms with E-state index in [0.717, 1.165) is 17.5 Å². The van der Waals surface area contributed by atoms with Crippen molar-refractivity contribution in [3.8, 4) is 11.6 Å². The summed E-state index contributed by atoms with van der Waals surface area (Å²) in [6, 6.07) is 11.4. The van der Waals surface area contributed by atoms with E-state index in [9.17, 15) is 14.9 Å². The molecule has 0 unspecified atom stereocenters. The minimum absolute atomic E-state index is 0.217. The largest absolute Gasteiger partial charge is 0.434 e. The Kier molecular flexibility index (Phi) is 5.89. The number of carbonyl (C=O) groups excluding carboxylic acids is 1. The minimum Gasteiger partial charge on any atom is -0.434 e. The lowest BCUT2D eigenvalue weighted by Crippen LogP contribution is -2.30. The highest BCUT2D eigenvalue weighted by molar-refractivity contribution is 6.30. The van der Waals surface area contributed by atoms with Gasteiger partial charge in [-0.25, -0.2) is 4.98 Å². The van der Waals surface area contributed by atoms with Gasteiger partial charge in [-0.05, 0) is 61.4 Å². The highest BCUT2D eigenvalue weighted by Crippen LogP contribution is 2.34. The number of hydrogen-bond acceptors (Lipinski definition) is 7. The Morgan fingerprint density at radius 3 is 2.48 bits per heavy atom. The summed E-state index contributed by atoms with van der Waals surface area (Å²) in [4.78, 5) is 30.8. The zero-order valence-corrected chi connectivity index (χ0v) is 16.2. The number of halogens is 1. The molecule has 0 saturated carbocycles. The van der Waals surface area contributed by atoms with Crippen LogP contribution in [0.3, 0.4) is 0 Å². The number of rotatable bonds is 6. The van der Waals surface area contributed by atoms with Gasteiger partial charge < -0.3 is 4.74 Å². The molecule has 2 N–H and O–H groups in total. The van der Waals surface area contributed by atoms with Crippen LogP contribution in [-0.4, -0.2) is 20.8 Å². The third-order valence-electron chi connectivity index (χ3n) is 4.07. The van der Waals surface area contributed by atoms with Gasteiger partial charge in [0.05, 0.1) is 4.92 Å². The molecular weight excluding hydrogens is 398 g/mol. The normalized spacial score (nSPS) is 10.3. The van der Waals surface area contributed by atoms with E-state index in [1.54, 1.807) is 24.3 Å². The molecule has 0 radical (unpaired) electrons. The van der Waals surface area contributed by atoms with E-state index in [0.29, 0.717) is 16.3 Å². The maximum Gasteiger partial charge on any atom is 0.374 e. The highest BCUT2D eigenvalue weighted by atomic mass is 35.5. The second-order valence-electron chi connectivity index (χ2n) is 6.07. The molecule has 148 valence electrons. The molecule has 0 atom stereocenters. The molecular formula is C19H16ClN5O4. The van der Waals surface area contributed by atoms with Crippen molar-refractivity contribution in [2.45, 2.75) is 13.8 Å². The van der Waals surface area contributed by atoms with Crippen molar-refractivity contribution in [2.75, 3.05) is 5.43 Å². The summed E-state index contributed by atoms with van der Waals surface area (Å²) >= 11 is 5.79. The topological polar surface area (TPSA) is 119 Å². The van der Waals surface area contributed by atoms with Gasteiger partial charge in [0.2, 0.25) is 5.82 Å². The van der Waals surface area contributed by atoms with Crippen molar-refractivity contribution in [1.82, 2.24) is 15.4 Å². The Morgan fingerprint density at radius 1 is 1.10 bits per heavy atom. The fraction of sp³-hybridized carbons (Fsp3) is 0.105. The van der Waals surface area contributed by atoms with Gasteiger partial charge in [0.15, 0.2) is 0 Å². The molecule has 0 saturated heterocycles. The van der Waals surface area contributed by atoms with Crippen LogP contribution in [0.25, 0.3) is 0 Å². The molecule has 3 rings (SSSR count). The molecule has 0 aliphatic rings. The maximum atomic E-state index is 12.2. The number of nitrogens with one attached hydrogen (secondary N) is 2. The number of hydrogen-bond donors (Lipinski definition) is 2.